The maximum absolute atomic E-state index is 12.2. The van der Waals surface area contributed by atoms with Gasteiger partial charge in [0.05, 0.1) is 19.3 Å². The Kier molecular flexibility index (Phi) is 7.02. The van der Waals surface area contributed by atoms with Crippen LogP contribution in [0.2, 0.25) is 0 Å². The second-order valence-corrected chi connectivity index (χ2v) is 6.58. The van der Waals surface area contributed by atoms with Gasteiger partial charge in [-0.25, -0.2) is 0 Å². The Morgan fingerprint density at radius 3 is 2.78 bits per heavy atom. The van der Waals surface area contributed by atoms with Gasteiger partial charge in [0, 0.05) is 31.7 Å². The summed E-state index contributed by atoms with van der Waals surface area (Å²) >= 11 is 0. The van der Waals surface area contributed by atoms with Crippen molar-refractivity contribution in [3.8, 4) is 0 Å². The van der Waals surface area contributed by atoms with Crippen LogP contribution in [0, 0.1) is 5.92 Å². The molecule has 2 N–H and O–H groups in total. The van der Waals surface area contributed by atoms with Crippen molar-refractivity contribution in [2.45, 2.75) is 32.9 Å². The molecule has 0 saturated carbocycles. The van der Waals surface area contributed by atoms with E-state index in [-0.39, 0.29) is 5.91 Å². The van der Waals surface area contributed by atoms with E-state index in [9.17, 15) is 9.90 Å². The quantitative estimate of drug-likeness (QED) is 0.802. The number of morpholine rings is 1. The molecule has 23 heavy (non-hydrogen) atoms. The van der Waals surface area contributed by atoms with Crippen LogP contribution in [0.15, 0.2) is 24.3 Å². The highest BCUT2D eigenvalue weighted by Gasteiger charge is 2.13. The van der Waals surface area contributed by atoms with Gasteiger partial charge >= 0.3 is 0 Å². The second-order valence-electron chi connectivity index (χ2n) is 6.58. The highest BCUT2D eigenvalue weighted by Crippen LogP contribution is 2.10. The van der Waals surface area contributed by atoms with Crippen molar-refractivity contribution in [2.24, 2.45) is 5.92 Å². The SMILES string of the molecule is CC(C)CC(O)CNC(=O)c1cccc(CN2CCOCC2)c1. The molecule has 5 heteroatoms. The van der Waals surface area contributed by atoms with E-state index in [0.717, 1.165) is 38.4 Å². The van der Waals surface area contributed by atoms with Gasteiger partial charge in [-0.2, -0.15) is 0 Å². The van der Waals surface area contributed by atoms with Crippen molar-refractivity contribution in [2.75, 3.05) is 32.8 Å². The molecule has 1 aromatic rings. The Labute approximate surface area is 138 Å². The minimum Gasteiger partial charge on any atom is -0.391 e. The lowest BCUT2D eigenvalue weighted by atomic mass is 10.1. The fourth-order valence-electron chi connectivity index (χ4n) is 2.77. The van der Waals surface area contributed by atoms with Gasteiger partial charge < -0.3 is 15.2 Å². The highest BCUT2D eigenvalue weighted by atomic mass is 16.5. The lowest BCUT2D eigenvalue weighted by Crippen LogP contribution is -2.35. The Morgan fingerprint density at radius 2 is 2.09 bits per heavy atom. The van der Waals surface area contributed by atoms with E-state index < -0.39 is 6.10 Å². The molecule has 1 heterocycles. The number of ether oxygens (including phenoxy) is 1. The molecule has 0 aliphatic carbocycles. The van der Waals surface area contributed by atoms with E-state index >= 15 is 0 Å². The first-order valence-corrected chi connectivity index (χ1v) is 8.40. The van der Waals surface area contributed by atoms with Crippen LogP contribution >= 0.6 is 0 Å². The largest absolute Gasteiger partial charge is 0.391 e. The van der Waals surface area contributed by atoms with Crippen LogP contribution in [0.1, 0.15) is 36.2 Å². The minimum atomic E-state index is -0.490. The van der Waals surface area contributed by atoms with Crippen LogP contribution in [-0.2, 0) is 11.3 Å². The third-order valence-corrected chi connectivity index (χ3v) is 3.94. The van der Waals surface area contributed by atoms with Gasteiger partial charge in [-0.1, -0.05) is 26.0 Å². The molecule has 1 aliphatic rings. The van der Waals surface area contributed by atoms with Gasteiger partial charge in [-0.3, -0.25) is 9.69 Å². The molecule has 1 unspecified atom stereocenters. The standard InChI is InChI=1S/C18H28N2O3/c1-14(2)10-17(21)12-19-18(22)16-5-3-4-15(11-16)13-20-6-8-23-9-7-20/h3-5,11,14,17,21H,6-10,12-13H2,1-2H3,(H,19,22). The molecule has 0 bridgehead atoms. The van der Waals surface area contributed by atoms with Crippen LogP contribution in [0.5, 0.6) is 0 Å². The topological polar surface area (TPSA) is 61.8 Å². The van der Waals surface area contributed by atoms with E-state index in [0.29, 0.717) is 24.4 Å². The van der Waals surface area contributed by atoms with Gasteiger partial charge in [0.15, 0.2) is 0 Å². The first kappa shape index (κ1) is 17.9. The molecule has 1 saturated heterocycles. The van der Waals surface area contributed by atoms with E-state index in [1.807, 2.05) is 24.3 Å². The minimum absolute atomic E-state index is 0.128. The molecule has 128 valence electrons. The molecule has 1 aromatic carbocycles. The summed E-state index contributed by atoms with van der Waals surface area (Å²) in [5, 5.41) is 12.7. The summed E-state index contributed by atoms with van der Waals surface area (Å²) < 4.78 is 5.35. The molecule has 0 spiro atoms. The third-order valence-electron chi connectivity index (χ3n) is 3.94. The number of carbonyl (C=O) groups is 1. The predicted molar refractivity (Wildman–Crippen MR) is 90.3 cm³/mol. The second kappa shape index (κ2) is 9.01. The molecule has 0 aromatic heterocycles. The summed E-state index contributed by atoms with van der Waals surface area (Å²) in [7, 11) is 0. The zero-order valence-corrected chi connectivity index (χ0v) is 14.1. The number of nitrogens with zero attached hydrogens (tertiary/aromatic N) is 1. The van der Waals surface area contributed by atoms with Crippen molar-refractivity contribution in [3.05, 3.63) is 35.4 Å². The van der Waals surface area contributed by atoms with Crippen LogP contribution in [0.3, 0.4) is 0 Å². The zero-order chi connectivity index (χ0) is 16.7. The maximum atomic E-state index is 12.2. The number of hydrogen-bond acceptors (Lipinski definition) is 4. The van der Waals surface area contributed by atoms with Gasteiger partial charge in [0.25, 0.3) is 5.91 Å². The van der Waals surface area contributed by atoms with Crippen LogP contribution < -0.4 is 5.32 Å². The molecular formula is C18H28N2O3. The Morgan fingerprint density at radius 1 is 1.35 bits per heavy atom. The summed E-state index contributed by atoms with van der Waals surface area (Å²) in [4.78, 5) is 14.5. The molecule has 0 radical (unpaired) electrons. The molecule has 1 aliphatic heterocycles. The van der Waals surface area contributed by atoms with Gasteiger partial charge in [-0.15, -0.1) is 0 Å². The van der Waals surface area contributed by atoms with Crippen LogP contribution in [0.4, 0.5) is 0 Å². The number of hydrogen-bond donors (Lipinski definition) is 2. The zero-order valence-electron chi connectivity index (χ0n) is 14.1. The van der Waals surface area contributed by atoms with Crippen molar-refractivity contribution in [1.29, 1.82) is 0 Å². The van der Waals surface area contributed by atoms with Gasteiger partial charge in [0.2, 0.25) is 0 Å². The van der Waals surface area contributed by atoms with Crippen molar-refractivity contribution in [1.82, 2.24) is 10.2 Å². The first-order valence-electron chi connectivity index (χ1n) is 8.40. The number of nitrogens with one attached hydrogen (secondary N) is 1. The number of aliphatic hydroxyl groups excluding tert-OH is 1. The van der Waals surface area contributed by atoms with E-state index in [1.165, 1.54) is 0 Å². The fraction of sp³-hybridized carbons (Fsp3) is 0.611. The summed E-state index contributed by atoms with van der Waals surface area (Å²) in [5.41, 5.74) is 1.77. The molecule has 1 amide bonds. The van der Waals surface area contributed by atoms with Crippen molar-refractivity contribution in [3.63, 3.8) is 0 Å². The van der Waals surface area contributed by atoms with Crippen LogP contribution in [0.25, 0.3) is 0 Å². The predicted octanol–water partition coefficient (Wildman–Crippen LogP) is 1.66. The average molecular weight is 320 g/mol. The molecule has 5 nitrogen and oxygen atoms in total. The lowest BCUT2D eigenvalue weighted by molar-refractivity contribution is 0.0342. The summed E-state index contributed by atoms with van der Waals surface area (Å²) in [6.45, 7) is 8.64. The van der Waals surface area contributed by atoms with Gasteiger partial charge in [0.1, 0.15) is 0 Å². The summed E-state index contributed by atoms with van der Waals surface area (Å²) in [6, 6.07) is 7.70. The van der Waals surface area contributed by atoms with Crippen LogP contribution in [-0.4, -0.2) is 54.9 Å². The third kappa shape index (κ3) is 6.29. The lowest BCUT2D eigenvalue weighted by Gasteiger charge is -2.26. The molecule has 2 rings (SSSR count). The monoisotopic (exact) mass is 320 g/mol. The fourth-order valence-corrected chi connectivity index (χ4v) is 2.77. The Hall–Kier alpha value is -1.43. The number of rotatable bonds is 7. The van der Waals surface area contributed by atoms with E-state index in [2.05, 4.69) is 24.1 Å². The smallest absolute Gasteiger partial charge is 0.251 e. The first-order chi connectivity index (χ1) is 11.0. The van der Waals surface area contributed by atoms with Crippen molar-refractivity contribution < 1.29 is 14.6 Å². The number of aliphatic hydroxyl groups is 1. The Bertz CT molecular complexity index is 499. The van der Waals surface area contributed by atoms with Crippen molar-refractivity contribution >= 4 is 5.91 Å². The average Bonchev–Trinajstić information content (AvgIpc) is 2.53. The number of carbonyl (C=O) groups excluding carboxylic acids is 1. The summed E-state index contributed by atoms with van der Waals surface area (Å²) in [5.74, 6) is 0.287. The number of benzene rings is 1. The normalized spacial score (nSPS) is 17.2. The van der Waals surface area contributed by atoms with E-state index in [4.69, 9.17) is 4.74 Å². The molecular weight excluding hydrogens is 292 g/mol. The summed E-state index contributed by atoms with van der Waals surface area (Å²) in [6.07, 6.45) is 0.202. The van der Waals surface area contributed by atoms with E-state index in [1.54, 1.807) is 0 Å². The highest BCUT2D eigenvalue weighted by molar-refractivity contribution is 5.94. The van der Waals surface area contributed by atoms with Gasteiger partial charge in [-0.05, 0) is 30.0 Å². The Balaban J connectivity index is 1.86. The number of amides is 1. The maximum Gasteiger partial charge on any atom is 0.251 e. The molecule has 1 atom stereocenters. The molecule has 1 fully saturated rings.